The molecule has 5 rings (SSSR count). The Balaban J connectivity index is 1.33. The molecule has 0 unspecified atom stereocenters. The van der Waals surface area contributed by atoms with Crippen molar-refractivity contribution in [1.82, 2.24) is 24.9 Å². The number of likely N-dealkylation sites (tertiary alicyclic amines) is 1. The highest BCUT2D eigenvalue weighted by molar-refractivity contribution is 6.30. The summed E-state index contributed by atoms with van der Waals surface area (Å²) in [5.41, 5.74) is 2.75. The number of nitrogens with zero attached hydrogens (tertiary/aromatic N) is 4. The molecule has 3 amide bonds. The number of fused-ring (bicyclic) bond motifs is 1. The van der Waals surface area contributed by atoms with E-state index in [1.807, 2.05) is 7.05 Å². The number of rotatable bonds is 4. The predicted octanol–water partition coefficient (Wildman–Crippen LogP) is 2.40. The average Bonchev–Trinajstić information content (AvgIpc) is 3.59. The molecular formula is C24H28ClN5O3. The monoisotopic (exact) mass is 469 g/mol. The Morgan fingerprint density at radius 1 is 1.03 bits per heavy atom. The summed E-state index contributed by atoms with van der Waals surface area (Å²) in [6, 6.07) is 7.16. The number of benzene rings is 1. The van der Waals surface area contributed by atoms with Crippen LogP contribution in [0.25, 0.3) is 0 Å². The number of aryl methyl sites for hydroxylation is 1. The molecule has 33 heavy (non-hydrogen) atoms. The van der Waals surface area contributed by atoms with Crippen molar-refractivity contribution in [2.75, 3.05) is 19.6 Å². The molecule has 1 N–H and O–H groups in total. The molecule has 1 aromatic heterocycles. The van der Waals surface area contributed by atoms with Crippen LogP contribution >= 0.6 is 11.6 Å². The highest BCUT2D eigenvalue weighted by atomic mass is 35.5. The van der Waals surface area contributed by atoms with Crippen molar-refractivity contribution in [3.05, 3.63) is 51.8 Å². The lowest BCUT2D eigenvalue weighted by Crippen LogP contribution is -2.46. The zero-order valence-corrected chi connectivity index (χ0v) is 19.5. The largest absolute Gasteiger partial charge is 0.353 e. The summed E-state index contributed by atoms with van der Waals surface area (Å²) in [5.74, 6) is -0.366. The third-order valence-corrected chi connectivity index (χ3v) is 7.08. The normalized spacial score (nSPS) is 20.4. The fourth-order valence-corrected chi connectivity index (χ4v) is 4.91. The minimum absolute atomic E-state index is 0.0535. The Bertz CT molecular complexity index is 1090. The number of piperidine rings is 1. The maximum Gasteiger partial charge on any atom is 0.274 e. The third-order valence-electron chi connectivity index (χ3n) is 6.83. The summed E-state index contributed by atoms with van der Waals surface area (Å²) in [4.78, 5) is 42.6. The van der Waals surface area contributed by atoms with Gasteiger partial charge in [-0.2, -0.15) is 5.10 Å². The van der Waals surface area contributed by atoms with E-state index in [-0.39, 0.29) is 23.6 Å². The Morgan fingerprint density at radius 2 is 1.79 bits per heavy atom. The fraction of sp³-hybridized carbons (Fsp3) is 0.500. The van der Waals surface area contributed by atoms with Crippen molar-refractivity contribution in [3.63, 3.8) is 0 Å². The molecule has 0 bridgehead atoms. The van der Waals surface area contributed by atoms with E-state index in [2.05, 4.69) is 10.4 Å². The quantitative estimate of drug-likeness (QED) is 0.744. The highest BCUT2D eigenvalue weighted by Gasteiger charge is 2.35. The number of amides is 3. The van der Waals surface area contributed by atoms with Gasteiger partial charge in [0, 0.05) is 61.0 Å². The van der Waals surface area contributed by atoms with E-state index in [0.717, 1.165) is 36.9 Å². The van der Waals surface area contributed by atoms with Crippen LogP contribution in [0.3, 0.4) is 0 Å². The van der Waals surface area contributed by atoms with Crippen LogP contribution in [0.2, 0.25) is 5.02 Å². The van der Waals surface area contributed by atoms with Crippen LogP contribution < -0.4 is 5.32 Å². The minimum atomic E-state index is -0.175. The second kappa shape index (κ2) is 8.82. The van der Waals surface area contributed by atoms with E-state index in [1.165, 1.54) is 0 Å². The number of carbonyl (C=O) groups is 3. The SMILES string of the molecule is Cn1nc(C(=O)N2CCC[C@H](C(=O)NC3CC3)C2)c2c1CCN(C(=O)c1ccc(Cl)cc1)C2. The fourth-order valence-electron chi connectivity index (χ4n) is 4.78. The lowest BCUT2D eigenvalue weighted by atomic mass is 9.96. The molecule has 0 spiro atoms. The molecule has 1 aliphatic carbocycles. The Kier molecular flexibility index (Phi) is 5.86. The number of carbonyl (C=O) groups excluding carboxylic acids is 3. The summed E-state index contributed by atoms with van der Waals surface area (Å²) >= 11 is 5.96. The van der Waals surface area contributed by atoms with E-state index in [0.29, 0.717) is 54.9 Å². The van der Waals surface area contributed by atoms with Gasteiger partial charge >= 0.3 is 0 Å². The van der Waals surface area contributed by atoms with Gasteiger partial charge in [-0.25, -0.2) is 0 Å². The van der Waals surface area contributed by atoms with Crippen LogP contribution in [0.15, 0.2) is 24.3 Å². The van der Waals surface area contributed by atoms with Gasteiger partial charge in [-0.1, -0.05) is 11.6 Å². The number of halogens is 1. The molecule has 2 fully saturated rings. The van der Waals surface area contributed by atoms with Crippen molar-refractivity contribution in [2.45, 2.75) is 44.7 Å². The van der Waals surface area contributed by atoms with Crippen molar-refractivity contribution in [3.8, 4) is 0 Å². The van der Waals surface area contributed by atoms with E-state index >= 15 is 0 Å². The molecule has 174 valence electrons. The zero-order chi connectivity index (χ0) is 23.1. The molecule has 2 aliphatic heterocycles. The van der Waals surface area contributed by atoms with E-state index in [1.54, 1.807) is 38.7 Å². The van der Waals surface area contributed by atoms with Gasteiger partial charge in [0.05, 0.1) is 12.5 Å². The Hall–Kier alpha value is -2.87. The van der Waals surface area contributed by atoms with E-state index in [4.69, 9.17) is 11.6 Å². The molecule has 0 radical (unpaired) electrons. The van der Waals surface area contributed by atoms with Gasteiger partial charge in [0.25, 0.3) is 11.8 Å². The topological polar surface area (TPSA) is 87.5 Å². The smallest absolute Gasteiger partial charge is 0.274 e. The first kappa shape index (κ1) is 21.9. The number of nitrogens with one attached hydrogen (secondary N) is 1. The second-order valence-corrected chi connectivity index (χ2v) is 9.69. The van der Waals surface area contributed by atoms with Gasteiger partial charge in [-0.3, -0.25) is 19.1 Å². The first-order valence-electron chi connectivity index (χ1n) is 11.6. The number of aromatic nitrogens is 2. The highest BCUT2D eigenvalue weighted by Crippen LogP contribution is 2.27. The molecule has 2 aromatic rings. The maximum absolute atomic E-state index is 13.5. The molecule has 1 saturated carbocycles. The van der Waals surface area contributed by atoms with Crippen LogP contribution in [0, 0.1) is 5.92 Å². The first-order chi connectivity index (χ1) is 15.9. The van der Waals surface area contributed by atoms with Crippen molar-refractivity contribution in [2.24, 2.45) is 13.0 Å². The molecular weight excluding hydrogens is 442 g/mol. The minimum Gasteiger partial charge on any atom is -0.353 e. The average molecular weight is 470 g/mol. The number of hydrogen-bond donors (Lipinski definition) is 1. The molecule has 1 atom stereocenters. The number of hydrogen-bond acceptors (Lipinski definition) is 4. The van der Waals surface area contributed by atoms with Crippen molar-refractivity contribution >= 4 is 29.3 Å². The third kappa shape index (κ3) is 4.49. The lowest BCUT2D eigenvalue weighted by Gasteiger charge is -2.32. The van der Waals surface area contributed by atoms with Gasteiger partial charge in [-0.05, 0) is 49.9 Å². The molecule has 1 aromatic carbocycles. The summed E-state index contributed by atoms with van der Waals surface area (Å²) in [7, 11) is 1.84. The van der Waals surface area contributed by atoms with Crippen LogP contribution in [-0.4, -0.2) is 63.0 Å². The second-order valence-electron chi connectivity index (χ2n) is 9.25. The maximum atomic E-state index is 13.5. The zero-order valence-electron chi connectivity index (χ0n) is 18.7. The Labute approximate surface area is 197 Å². The van der Waals surface area contributed by atoms with Crippen molar-refractivity contribution in [1.29, 1.82) is 0 Å². The van der Waals surface area contributed by atoms with Crippen molar-refractivity contribution < 1.29 is 14.4 Å². The van der Waals surface area contributed by atoms with Gasteiger partial charge < -0.3 is 15.1 Å². The molecule has 9 heteroatoms. The van der Waals surface area contributed by atoms with Gasteiger partial charge in [0.15, 0.2) is 5.69 Å². The van der Waals surface area contributed by atoms with Crippen LogP contribution in [-0.2, 0) is 24.8 Å². The summed E-state index contributed by atoms with van der Waals surface area (Å²) in [6.07, 6.45) is 4.33. The van der Waals surface area contributed by atoms with Crippen LogP contribution in [0.5, 0.6) is 0 Å². The summed E-state index contributed by atoms with van der Waals surface area (Å²) < 4.78 is 1.76. The van der Waals surface area contributed by atoms with Crippen LogP contribution in [0.4, 0.5) is 0 Å². The first-order valence-corrected chi connectivity index (χ1v) is 12.0. The molecule has 1 saturated heterocycles. The van der Waals surface area contributed by atoms with Gasteiger partial charge in [0.1, 0.15) is 0 Å². The molecule has 8 nitrogen and oxygen atoms in total. The van der Waals surface area contributed by atoms with E-state index < -0.39 is 0 Å². The van der Waals surface area contributed by atoms with E-state index in [9.17, 15) is 14.4 Å². The van der Waals surface area contributed by atoms with Gasteiger partial charge in [-0.15, -0.1) is 0 Å². The van der Waals surface area contributed by atoms with Gasteiger partial charge in [0.2, 0.25) is 5.91 Å². The predicted molar refractivity (Wildman–Crippen MR) is 123 cm³/mol. The lowest BCUT2D eigenvalue weighted by molar-refractivity contribution is -0.126. The Morgan fingerprint density at radius 3 is 2.52 bits per heavy atom. The summed E-state index contributed by atoms with van der Waals surface area (Å²) in [5, 5.41) is 8.19. The summed E-state index contributed by atoms with van der Waals surface area (Å²) in [6.45, 7) is 1.93. The van der Waals surface area contributed by atoms with Crippen LogP contribution in [0.1, 0.15) is 57.8 Å². The standard InChI is InChI=1S/C24H28ClN5O3/c1-28-20-10-12-30(23(32)15-4-6-17(25)7-5-15)14-19(20)21(27-28)24(33)29-11-2-3-16(13-29)22(31)26-18-8-9-18/h4-7,16,18H,2-3,8-14H2,1H3,(H,26,31)/t16-/m0/s1. The molecule has 3 heterocycles. The molecule has 3 aliphatic rings.